The first kappa shape index (κ1) is 21.0. The van der Waals surface area contributed by atoms with Crippen LogP contribution in [0.1, 0.15) is 59.3 Å². The third-order valence-electron chi connectivity index (χ3n) is 4.37. The van der Waals surface area contributed by atoms with E-state index in [0.29, 0.717) is 18.9 Å². The van der Waals surface area contributed by atoms with Crippen LogP contribution in [0.5, 0.6) is 0 Å². The minimum Gasteiger partial charge on any atom is -0.296 e. The van der Waals surface area contributed by atoms with Crippen LogP contribution in [0.3, 0.4) is 0 Å². The Morgan fingerprint density at radius 3 is 2.38 bits per heavy atom. The van der Waals surface area contributed by atoms with Crippen molar-refractivity contribution in [3.05, 3.63) is 10.4 Å². The first-order valence-corrected chi connectivity index (χ1v) is 8.02. The lowest BCUT2D eigenvalue weighted by atomic mass is 9.98. The third kappa shape index (κ3) is 5.78. The van der Waals surface area contributed by atoms with Crippen molar-refractivity contribution < 1.29 is 28.4 Å². The molecule has 0 amide bonds. The summed E-state index contributed by atoms with van der Waals surface area (Å²) in [6.45, 7) is 7.48. The Morgan fingerprint density at radius 1 is 1.25 bits per heavy atom. The third-order valence-corrected chi connectivity index (χ3v) is 4.37. The summed E-state index contributed by atoms with van der Waals surface area (Å²) < 4.78 is 36.9. The molecule has 7 nitrogen and oxygen atoms in total. The molecule has 1 saturated heterocycles. The maximum absolute atomic E-state index is 12.3. The molecular formula is C14H25F3N4O3. The van der Waals surface area contributed by atoms with Crippen molar-refractivity contribution in [1.29, 1.82) is 0 Å². The molecule has 1 fully saturated rings. The van der Waals surface area contributed by atoms with Gasteiger partial charge in [-0.2, -0.15) is 0 Å². The monoisotopic (exact) mass is 354 g/mol. The van der Waals surface area contributed by atoms with Crippen LogP contribution in [0.25, 0.3) is 10.4 Å². The van der Waals surface area contributed by atoms with Crippen LogP contribution in [0.4, 0.5) is 13.6 Å². The highest BCUT2D eigenvalue weighted by molar-refractivity contribution is 4.88. The molecule has 0 aromatic rings. The predicted molar refractivity (Wildman–Crippen MR) is 80.2 cm³/mol. The fourth-order valence-electron chi connectivity index (χ4n) is 3.30. The zero-order valence-electron chi connectivity index (χ0n) is 14.3. The molecule has 0 aromatic heterocycles. The molecule has 0 N–H and O–H groups in total. The zero-order chi connectivity index (χ0) is 18.2. The first-order chi connectivity index (χ1) is 11.3. The van der Waals surface area contributed by atoms with Crippen molar-refractivity contribution in [2.24, 2.45) is 5.11 Å². The second kappa shape index (κ2) is 9.43. The number of hydrogen-bond acceptors (Lipinski definition) is 5. The van der Waals surface area contributed by atoms with Gasteiger partial charge in [0.2, 0.25) is 0 Å². The van der Waals surface area contributed by atoms with Gasteiger partial charge in [0.1, 0.15) is 0 Å². The van der Waals surface area contributed by atoms with E-state index in [1.165, 1.54) is 0 Å². The number of nitrogens with zero attached hydrogens (tertiary/aromatic N) is 4. The summed E-state index contributed by atoms with van der Waals surface area (Å²) in [4.78, 5) is 14.2. The molecule has 0 aliphatic carbocycles. The van der Waals surface area contributed by atoms with E-state index in [2.05, 4.69) is 50.5 Å². The average molecular weight is 354 g/mol. The molecule has 1 aliphatic rings. The standard InChI is InChI=1S/C14H25F3N4O3/c1-13(2,3)21-9-5-8-12(21)7-4-6-11(19-20-18)10-14(22-15,23-16)24-17/h11-12H,4-10H2,1-3H3/t11?,12-/m1/s1. The summed E-state index contributed by atoms with van der Waals surface area (Å²) in [7, 11) is 0. The molecule has 140 valence electrons. The summed E-state index contributed by atoms with van der Waals surface area (Å²) >= 11 is 0. The van der Waals surface area contributed by atoms with Crippen LogP contribution in [-0.4, -0.2) is 35.0 Å². The van der Waals surface area contributed by atoms with Crippen molar-refractivity contribution in [3.8, 4) is 0 Å². The second-order valence-corrected chi connectivity index (χ2v) is 7.07. The Kier molecular flexibility index (Phi) is 8.24. The van der Waals surface area contributed by atoms with E-state index in [1.54, 1.807) is 0 Å². The number of halogens is 3. The molecule has 0 radical (unpaired) electrons. The highest BCUT2D eigenvalue weighted by atomic mass is 19.3. The smallest absolute Gasteiger partial charge is 0.296 e. The fourth-order valence-corrected chi connectivity index (χ4v) is 3.30. The first-order valence-electron chi connectivity index (χ1n) is 8.02. The summed E-state index contributed by atoms with van der Waals surface area (Å²) in [5.74, 6) is -3.15. The molecule has 1 unspecified atom stereocenters. The van der Waals surface area contributed by atoms with E-state index >= 15 is 0 Å². The number of likely N-dealkylation sites (tertiary alicyclic amines) is 1. The largest absolute Gasteiger partial charge is 0.381 e. The Morgan fingerprint density at radius 2 is 1.88 bits per heavy atom. The van der Waals surface area contributed by atoms with E-state index in [4.69, 9.17) is 5.53 Å². The Hall–Kier alpha value is -1.06. The summed E-state index contributed by atoms with van der Waals surface area (Å²) in [6.07, 6.45) is 3.23. The Balaban J connectivity index is 2.57. The maximum Gasteiger partial charge on any atom is 0.381 e. The number of hydrogen-bond donors (Lipinski definition) is 0. The van der Waals surface area contributed by atoms with Gasteiger partial charge in [-0.25, -0.2) is 0 Å². The fraction of sp³-hybridized carbons (Fsp3) is 1.00. The quantitative estimate of drug-likeness (QED) is 0.243. The van der Waals surface area contributed by atoms with E-state index in [1.807, 2.05) is 0 Å². The van der Waals surface area contributed by atoms with Crippen LogP contribution < -0.4 is 0 Å². The minimum atomic E-state index is -3.15. The molecule has 2 atom stereocenters. The van der Waals surface area contributed by atoms with E-state index < -0.39 is 18.4 Å². The normalized spacial score (nSPS) is 20.8. The Labute approximate surface area is 139 Å². The predicted octanol–water partition coefficient (Wildman–Crippen LogP) is 4.85. The lowest BCUT2D eigenvalue weighted by Crippen LogP contribution is -2.44. The summed E-state index contributed by atoms with van der Waals surface area (Å²) in [5.41, 5.74) is 8.62. The highest BCUT2D eigenvalue weighted by Gasteiger charge is 2.41. The van der Waals surface area contributed by atoms with Crippen LogP contribution in [0.2, 0.25) is 0 Å². The molecule has 1 rings (SSSR count). The van der Waals surface area contributed by atoms with Crippen molar-refractivity contribution in [1.82, 2.24) is 4.90 Å². The van der Waals surface area contributed by atoms with Crippen molar-refractivity contribution in [2.45, 2.75) is 82.9 Å². The molecule has 0 aromatic carbocycles. The molecule has 1 heterocycles. The molecule has 0 spiro atoms. The molecule has 24 heavy (non-hydrogen) atoms. The van der Waals surface area contributed by atoms with Gasteiger partial charge in [0, 0.05) is 29.0 Å². The van der Waals surface area contributed by atoms with Gasteiger partial charge in [-0.15, -0.1) is 14.8 Å². The molecule has 0 saturated carbocycles. The van der Waals surface area contributed by atoms with Gasteiger partial charge < -0.3 is 0 Å². The van der Waals surface area contributed by atoms with E-state index in [0.717, 1.165) is 25.8 Å². The zero-order valence-corrected chi connectivity index (χ0v) is 14.3. The van der Waals surface area contributed by atoms with Crippen LogP contribution in [0, 0.1) is 0 Å². The van der Waals surface area contributed by atoms with Gasteiger partial charge in [0.05, 0.1) is 0 Å². The van der Waals surface area contributed by atoms with Crippen LogP contribution >= 0.6 is 0 Å². The average Bonchev–Trinajstić information content (AvgIpc) is 3.01. The van der Waals surface area contributed by atoms with Gasteiger partial charge in [-0.05, 0) is 72.1 Å². The molecule has 1 aliphatic heterocycles. The molecule has 10 heteroatoms. The van der Waals surface area contributed by atoms with E-state index in [-0.39, 0.29) is 5.54 Å². The lowest BCUT2D eigenvalue weighted by molar-refractivity contribution is -0.549. The van der Waals surface area contributed by atoms with E-state index in [9.17, 15) is 13.6 Å². The van der Waals surface area contributed by atoms with Gasteiger partial charge in [-0.1, -0.05) is 11.5 Å². The van der Waals surface area contributed by atoms with Crippen LogP contribution in [0.15, 0.2) is 5.11 Å². The van der Waals surface area contributed by atoms with Crippen molar-refractivity contribution in [3.63, 3.8) is 0 Å². The topological polar surface area (TPSA) is 79.7 Å². The lowest BCUT2D eigenvalue weighted by Gasteiger charge is -2.37. The SMILES string of the molecule is CC(C)(C)N1CCC[C@H]1CCCC(CC(OF)(OF)OF)N=[N+]=[N-]. The maximum atomic E-state index is 12.3. The molecular weight excluding hydrogens is 329 g/mol. The number of azide groups is 1. The van der Waals surface area contributed by atoms with Gasteiger partial charge in [0.15, 0.2) is 0 Å². The number of rotatable bonds is 10. The van der Waals surface area contributed by atoms with Crippen LogP contribution in [-0.2, 0) is 14.8 Å². The van der Waals surface area contributed by atoms with Crippen molar-refractivity contribution in [2.75, 3.05) is 6.54 Å². The second-order valence-electron chi connectivity index (χ2n) is 7.07. The van der Waals surface area contributed by atoms with Gasteiger partial charge >= 0.3 is 5.97 Å². The van der Waals surface area contributed by atoms with Crippen molar-refractivity contribution >= 4 is 0 Å². The summed E-state index contributed by atoms with van der Waals surface area (Å²) in [5, 5.41) is 3.41. The van der Waals surface area contributed by atoms with Gasteiger partial charge in [-0.3, -0.25) is 4.90 Å². The summed E-state index contributed by atoms with van der Waals surface area (Å²) in [6, 6.07) is -0.532. The van der Waals surface area contributed by atoms with Gasteiger partial charge in [0.25, 0.3) is 0 Å². The highest BCUT2D eigenvalue weighted by Crippen LogP contribution is 2.31. The Bertz CT molecular complexity index is 418. The minimum absolute atomic E-state index is 0.0622. The molecule has 0 bridgehead atoms.